The van der Waals surface area contributed by atoms with Gasteiger partial charge in [0.15, 0.2) is 0 Å². The minimum atomic E-state index is 0.344. The van der Waals surface area contributed by atoms with E-state index in [1.165, 1.54) is 18.4 Å². The van der Waals surface area contributed by atoms with Crippen molar-refractivity contribution in [1.82, 2.24) is 9.88 Å². The van der Waals surface area contributed by atoms with Gasteiger partial charge in [0.25, 0.3) is 0 Å². The number of piperidine rings is 1. The molecule has 0 amide bonds. The molecule has 0 saturated carbocycles. The summed E-state index contributed by atoms with van der Waals surface area (Å²) in [5, 5.41) is 10.1. The Labute approximate surface area is 113 Å². The summed E-state index contributed by atoms with van der Waals surface area (Å²) in [6, 6.07) is 3.27. The lowest BCUT2D eigenvalue weighted by atomic mass is 9.91. The zero-order chi connectivity index (χ0) is 12.5. The molecule has 2 bridgehead atoms. The molecule has 1 aromatic rings. The quantitative estimate of drug-likeness (QED) is 0.913. The summed E-state index contributed by atoms with van der Waals surface area (Å²) in [4.78, 5) is 6.61. The first kappa shape index (κ1) is 12.4. The summed E-state index contributed by atoms with van der Waals surface area (Å²) < 4.78 is 0. The van der Waals surface area contributed by atoms with Gasteiger partial charge in [0.1, 0.15) is 0 Å². The second-order valence-corrected chi connectivity index (χ2v) is 5.95. The molecular weight excluding hydrogens is 248 g/mol. The molecule has 2 aliphatic heterocycles. The van der Waals surface area contributed by atoms with Crippen molar-refractivity contribution in [1.29, 1.82) is 0 Å². The number of pyridine rings is 1. The van der Waals surface area contributed by atoms with Crippen molar-refractivity contribution in [2.45, 2.75) is 44.3 Å². The average molecular weight is 267 g/mol. The monoisotopic (exact) mass is 266 g/mol. The standard InChI is InChI=1S/C14H19ClN2O/c15-14-7-16-4-3-11(14)8-17-12-1-2-13(17)6-10(5-12)9-18/h3-4,7,10,12-13,18H,1-2,5-6,8-9H2/t10?,12-,13+. The summed E-state index contributed by atoms with van der Waals surface area (Å²) in [6.45, 7) is 1.27. The van der Waals surface area contributed by atoms with E-state index in [9.17, 15) is 5.11 Å². The molecule has 0 radical (unpaired) electrons. The van der Waals surface area contributed by atoms with Gasteiger partial charge in [0.2, 0.25) is 0 Å². The van der Waals surface area contributed by atoms with Crippen LogP contribution < -0.4 is 0 Å². The van der Waals surface area contributed by atoms with Gasteiger partial charge in [-0.2, -0.15) is 0 Å². The van der Waals surface area contributed by atoms with Crippen molar-refractivity contribution in [2.75, 3.05) is 6.61 Å². The number of nitrogens with zero attached hydrogens (tertiary/aromatic N) is 2. The van der Waals surface area contributed by atoms with Crippen molar-refractivity contribution in [3.8, 4) is 0 Å². The summed E-state index contributed by atoms with van der Waals surface area (Å²) in [7, 11) is 0. The zero-order valence-corrected chi connectivity index (χ0v) is 11.2. The molecule has 3 heterocycles. The van der Waals surface area contributed by atoms with Gasteiger partial charge in [-0.15, -0.1) is 0 Å². The number of halogens is 1. The predicted molar refractivity (Wildman–Crippen MR) is 71.4 cm³/mol. The van der Waals surface area contributed by atoms with Crippen molar-refractivity contribution in [3.05, 3.63) is 29.0 Å². The Bertz CT molecular complexity index is 412. The highest BCUT2D eigenvalue weighted by molar-refractivity contribution is 6.31. The number of rotatable bonds is 3. The van der Waals surface area contributed by atoms with Crippen LogP contribution >= 0.6 is 11.6 Å². The Balaban J connectivity index is 1.73. The molecule has 0 aliphatic carbocycles. The summed E-state index contributed by atoms with van der Waals surface area (Å²) in [5.41, 5.74) is 1.17. The van der Waals surface area contributed by atoms with Gasteiger partial charge in [-0.05, 0) is 43.2 Å². The summed E-state index contributed by atoms with van der Waals surface area (Å²) >= 11 is 6.19. The van der Waals surface area contributed by atoms with Crippen LogP contribution in [0.25, 0.3) is 0 Å². The first-order chi connectivity index (χ1) is 8.78. The van der Waals surface area contributed by atoms with Gasteiger partial charge < -0.3 is 5.11 Å². The number of aliphatic hydroxyl groups is 1. The minimum absolute atomic E-state index is 0.344. The average Bonchev–Trinajstić information content (AvgIpc) is 2.63. The topological polar surface area (TPSA) is 36.4 Å². The summed E-state index contributed by atoms with van der Waals surface area (Å²) in [5.74, 6) is 0.506. The lowest BCUT2D eigenvalue weighted by Crippen LogP contribution is -2.43. The molecule has 4 heteroatoms. The van der Waals surface area contributed by atoms with Crippen LogP contribution in [0.2, 0.25) is 5.02 Å². The number of hydrogen-bond acceptors (Lipinski definition) is 3. The minimum Gasteiger partial charge on any atom is -0.396 e. The van der Waals surface area contributed by atoms with Crippen molar-refractivity contribution in [3.63, 3.8) is 0 Å². The van der Waals surface area contributed by atoms with Crippen LogP contribution in [0, 0.1) is 5.92 Å². The van der Waals surface area contributed by atoms with Gasteiger partial charge in [-0.3, -0.25) is 9.88 Å². The van der Waals surface area contributed by atoms with E-state index >= 15 is 0 Å². The second kappa shape index (κ2) is 5.16. The van der Waals surface area contributed by atoms with Crippen LogP contribution in [-0.2, 0) is 6.54 Å². The molecule has 3 nitrogen and oxygen atoms in total. The van der Waals surface area contributed by atoms with Crippen LogP contribution in [0.4, 0.5) is 0 Å². The number of aliphatic hydroxyl groups excluding tert-OH is 1. The van der Waals surface area contributed by atoms with Crippen molar-refractivity contribution >= 4 is 11.6 Å². The Hall–Kier alpha value is -0.640. The fraction of sp³-hybridized carbons (Fsp3) is 0.643. The van der Waals surface area contributed by atoms with Gasteiger partial charge >= 0.3 is 0 Å². The molecule has 1 N–H and O–H groups in total. The second-order valence-electron chi connectivity index (χ2n) is 5.54. The van der Waals surface area contributed by atoms with Crippen molar-refractivity contribution < 1.29 is 5.11 Å². The molecular formula is C14H19ClN2O. The van der Waals surface area contributed by atoms with Crippen LogP contribution in [0.5, 0.6) is 0 Å². The normalized spacial score (nSPS) is 31.8. The molecule has 1 unspecified atom stereocenters. The van der Waals surface area contributed by atoms with Crippen molar-refractivity contribution in [2.24, 2.45) is 5.92 Å². The molecule has 18 heavy (non-hydrogen) atoms. The van der Waals surface area contributed by atoms with E-state index in [1.54, 1.807) is 6.20 Å². The molecule has 0 aromatic carbocycles. The third kappa shape index (κ3) is 2.27. The fourth-order valence-corrected chi connectivity index (χ4v) is 3.70. The van der Waals surface area contributed by atoms with E-state index in [0.717, 1.165) is 24.4 Å². The number of aromatic nitrogens is 1. The lowest BCUT2D eigenvalue weighted by Gasteiger charge is -2.38. The van der Waals surface area contributed by atoms with E-state index in [0.29, 0.717) is 24.6 Å². The Morgan fingerprint density at radius 3 is 2.67 bits per heavy atom. The number of hydrogen-bond donors (Lipinski definition) is 1. The van der Waals surface area contributed by atoms with Gasteiger partial charge in [-0.25, -0.2) is 0 Å². The maximum atomic E-state index is 9.33. The maximum absolute atomic E-state index is 9.33. The van der Waals surface area contributed by atoms with Crippen LogP contribution in [0.15, 0.2) is 18.5 Å². The van der Waals surface area contributed by atoms with Gasteiger partial charge in [0, 0.05) is 37.6 Å². The van der Waals surface area contributed by atoms with Crippen LogP contribution in [-0.4, -0.2) is 33.7 Å². The third-order valence-electron chi connectivity index (χ3n) is 4.45. The lowest BCUT2D eigenvalue weighted by molar-refractivity contribution is 0.0683. The maximum Gasteiger partial charge on any atom is 0.0634 e. The van der Waals surface area contributed by atoms with Crippen LogP contribution in [0.1, 0.15) is 31.2 Å². The Kier molecular flexibility index (Phi) is 3.55. The number of fused-ring (bicyclic) bond motifs is 2. The highest BCUT2D eigenvalue weighted by atomic mass is 35.5. The van der Waals surface area contributed by atoms with E-state index in [1.807, 2.05) is 12.3 Å². The highest BCUT2D eigenvalue weighted by Gasteiger charge is 2.40. The van der Waals surface area contributed by atoms with E-state index in [2.05, 4.69) is 9.88 Å². The molecule has 2 fully saturated rings. The Morgan fingerprint density at radius 1 is 1.33 bits per heavy atom. The molecule has 2 saturated heterocycles. The first-order valence-electron chi connectivity index (χ1n) is 6.73. The Morgan fingerprint density at radius 2 is 2.06 bits per heavy atom. The van der Waals surface area contributed by atoms with Gasteiger partial charge in [-0.1, -0.05) is 11.6 Å². The molecule has 98 valence electrons. The zero-order valence-electron chi connectivity index (χ0n) is 10.4. The van der Waals surface area contributed by atoms with Crippen LogP contribution in [0.3, 0.4) is 0 Å². The molecule has 3 rings (SSSR count). The highest BCUT2D eigenvalue weighted by Crippen LogP contribution is 2.39. The molecule has 3 atom stereocenters. The summed E-state index contributed by atoms with van der Waals surface area (Å²) in [6.07, 6.45) is 8.34. The van der Waals surface area contributed by atoms with E-state index < -0.39 is 0 Å². The fourth-order valence-electron chi connectivity index (χ4n) is 3.52. The molecule has 2 aliphatic rings. The predicted octanol–water partition coefficient (Wildman–Crippen LogP) is 2.47. The van der Waals surface area contributed by atoms with E-state index in [4.69, 9.17) is 11.6 Å². The SMILES string of the molecule is OCC1C[C@H]2CC[C@@H](C1)N2Cc1ccncc1Cl. The largest absolute Gasteiger partial charge is 0.396 e. The van der Waals surface area contributed by atoms with E-state index in [-0.39, 0.29) is 0 Å². The molecule has 0 spiro atoms. The third-order valence-corrected chi connectivity index (χ3v) is 4.79. The first-order valence-corrected chi connectivity index (χ1v) is 7.10. The van der Waals surface area contributed by atoms with Gasteiger partial charge in [0.05, 0.1) is 5.02 Å². The molecule has 1 aromatic heterocycles. The smallest absolute Gasteiger partial charge is 0.0634 e.